The van der Waals surface area contributed by atoms with Crippen LogP contribution in [-0.4, -0.2) is 160 Å². The van der Waals surface area contributed by atoms with Crippen LogP contribution in [0.15, 0.2) is 29.5 Å². The Morgan fingerprint density at radius 1 is 0.303 bits per heavy atom. The molecule has 0 radical (unpaired) electrons. The largest absolute Gasteiger partial charge is 0.458 e. The monoisotopic (exact) mass is 2010 g/mol. The number of likely N-dealkylation sites (tertiary alicyclic amines) is 1. The number of allylic oxidation sites excluding steroid dienone is 2. The third-order valence-electron chi connectivity index (χ3n) is 39.7. The molecule has 0 spiro atoms. The second-order valence-electron chi connectivity index (χ2n) is 53.8. The molecule has 9 fully saturated rings. The number of ether oxygens (including phenoxy) is 8. The number of nitrogens with zero attached hydrogens (tertiary/aromatic N) is 3. The molecule has 0 unspecified atom stereocenters. The van der Waals surface area contributed by atoms with E-state index in [0.717, 1.165) is 144 Å². The van der Waals surface area contributed by atoms with Gasteiger partial charge in [0, 0.05) is 76.8 Å². The number of piperidine rings is 1. The number of carbonyl (C=O) groups excluding carboxylic acids is 2. The molecule has 14 nitrogen and oxygen atoms in total. The maximum atomic E-state index is 13.0. The summed E-state index contributed by atoms with van der Waals surface area (Å²) in [5.74, 6) is 12.1. The lowest BCUT2D eigenvalue weighted by molar-refractivity contribution is -0.156. The first-order valence-corrected chi connectivity index (χ1v) is 58.8. The normalized spacial score (nSPS) is 23.0. The molecule has 0 N–H and O–H groups in total. The first-order chi connectivity index (χ1) is 65.4. The molecule has 10 heterocycles. The van der Waals surface area contributed by atoms with Gasteiger partial charge in [-0.3, -0.25) is 4.79 Å². The molecule has 0 bridgehead atoms. The van der Waals surface area contributed by atoms with Crippen molar-refractivity contribution in [2.24, 2.45) is 180 Å². The molecule has 1 saturated carbocycles. The van der Waals surface area contributed by atoms with E-state index in [1.54, 1.807) is 11.9 Å². The van der Waals surface area contributed by atoms with Crippen molar-refractivity contribution in [1.29, 1.82) is 0 Å². The van der Waals surface area contributed by atoms with Crippen LogP contribution in [0, 0.1) is 175 Å². The van der Waals surface area contributed by atoms with Gasteiger partial charge in [-0.1, -0.05) is 362 Å². The first kappa shape index (κ1) is 137. The van der Waals surface area contributed by atoms with E-state index in [1.165, 1.54) is 103 Å². The second kappa shape index (κ2) is 60.6. The van der Waals surface area contributed by atoms with Gasteiger partial charge in [0.05, 0.1) is 48.9 Å². The summed E-state index contributed by atoms with van der Waals surface area (Å²) in [6.07, 6.45) is 30.6. The highest BCUT2D eigenvalue weighted by Crippen LogP contribution is 2.68. The molecule has 0 aromatic carbocycles. The lowest BCUT2D eigenvalue weighted by Gasteiger charge is -2.47. The Morgan fingerprint density at radius 3 is 0.824 bits per heavy atom. The average molecular weight is 2010 g/mol. The van der Waals surface area contributed by atoms with Crippen LogP contribution in [-0.2, 0) is 47.5 Å². The highest BCUT2D eigenvalue weighted by atomic mass is 19.3. The SMILES string of the molecule is CC(C)C1(C(C)C)CC1(F)F.CC(C)C1(C(C)C)CC=CC1.CC(C)C1(C(C)C)CC=CCO1.CC(C)C1(C(C)C)CCC(=O)O1.CC(C)C1(C(C)C)CCCCO1.CC(C)C1(C(C)C)CCCO1.CC(C)C1(C(C)C)CCCOC1.CC(C)C1(C(C)C)CCN(C)CC1.CC(C)C1(C(C)C)CCOC1.CC(C)C1(C(C)C)CCOCC1.CC(C)C1(C(C)C)CN(C)C(=O)O1.CC1=NOC(C(C)C)(C(C)C)C1. The third kappa shape index (κ3) is 35.2. The van der Waals surface area contributed by atoms with Crippen LogP contribution >= 0.6 is 0 Å². The number of hydrogen-bond donors (Lipinski definition) is 0. The fourth-order valence-corrected chi connectivity index (χ4v) is 27.3. The van der Waals surface area contributed by atoms with Crippen LogP contribution in [0.4, 0.5) is 13.6 Å². The van der Waals surface area contributed by atoms with Crippen molar-refractivity contribution >= 4 is 17.8 Å². The summed E-state index contributed by atoms with van der Waals surface area (Å²) in [5, 5.41) is 4.05. The van der Waals surface area contributed by atoms with E-state index in [-0.39, 0.29) is 63.9 Å². The zero-order valence-corrected chi connectivity index (χ0v) is 104. The number of hydrogen-bond acceptors (Lipinski definition) is 13. The first-order valence-electron chi connectivity index (χ1n) is 58.8. The fraction of sp³-hybridized carbons (Fsp3) is 0.944. The van der Waals surface area contributed by atoms with Gasteiger partial charge >= 0.3 is 12.1 Å². The molecule has 12 rings (SSSR count). The number of cyclic esters (lactones) is 2. The number of oxime groups is 1. The van der Waals surface area contributed by atoms with Gasteiger partial charge in [-0.25, -0.2) is 13.6 Å². The topological polar surface area (TPSA) is 136 Å². The Balaban J connectivity index is 0.000000775. The zero-order chi connectivity index (χ0) is 110. The predicted octanol–water partition coefficient (Wildman–Crippen LogP) is 35.3. The summed E-state index contributed by atoms with van der Waals surface area (Å²) in [5.41, 5.74) is 3.08. The van der Waals surface area contributed by atoms with Gasteiger partial charge in [0.25, 0.3) is 5.92 Å². The highest BCUT2D eigenvalue weighted by molar-refractivity contribution is 5.83. The van der Waals surface area contributed by atoms with Crippen molar-refractivity contribution in [3.63, 3.8) is 0 Å². The molecule has 8 saturated heterocycles. The van der Waals surface area contributed by atoms with Crippen molar-refractivity contribution in [1.82, 2.24) is 9.80 Å². The van der Waals surface area contributed by atoms with Crippen molar-refractivity contribution in [3.8, 4) is 0 Å². The van der Waals surface area contributed by atoms with Crippen LogP contribution in [0.25, 0.3) is 0 Å². The Morgan fingerprint density at radius 2 is 0.634 bits per heavy atom. The van der Waals surface area contributed by atoms with E-state index in [2.05, 4.69) is 346 Å². The number of halogens is 2. The van der Waals surface area contributed by atoms with Crippen LogP contribution in [0.3, 0.4) is 0 Å². The molecular weight excluding hydrogens is 1770 g/mol. The van der Waals surface area contributed by atoms with E-state index in [9.17, 15) is 18.4 Å². The van der Waals surface area contributed by atoms with Crippen molar-refractivity contribution in [2.45, 2.75) is 501 Å². The van der Waals surface area contributed by atoms with Crippen LogP contribution in [0.5, 0.6) is 0 Å². The van der Waals surface area contributed by atoms with Gasteiger partial charge in [0.15, 0.2) is 0 Å². The molecule has 0 aromatic rings. The third-order valence-corrected chi connectivity index (χ3v) is 39.7. The standard InChI is InChI=1S/C12H25N.3C11H22O.C11H20O.C11H20.C10H19NO2.C10H19NO.C10H18O2.2C10H20O.C9H16F2/c1-10(2)12(11(3)4)6-8-13(5)9-7-12;1-9(2)11(10(3)4)5-7-12-8-6-11;1-9(2)11(10(3)4)6-5-7-12-8-11;2*1-9(2)11(10(3)4)7-5-6-8-12-11;1-9(2)11(10(3)4)7-5-6-8-11;1-7(2)10(8(3)4)6-11(5)9(12)13-10;1-7(2)10(8(3)4)6-9(5)11-12-10;1-7(2)10(8(3)4)6-5-9(11)12-10;1-8(2)10(9(3)4)5-6-11-7-10;1-8(2)10(9(3)4)6-5-7-11-10;1-6(2)8(7(3)4)5-9(8,10)11/h10-11H,6-9H2,1-5H3;3*9-10H,5-8H2,1-4H3;5-6,9-10H,7-8H2,1-4H3;5-6,9-10H,7-8H2,1-4H3;7-8H,6H2,1-5H3;7-8H,6H2,1-5H3;7-8H,5-6H2,1-4H3;2*8-9H,5-7H2,1-4H3;6-7H,5H2,1-4H3. The number of esters is 1. The van der Waals surface area contributed by atoms with E-state index in [4.69, 9.17) is 42.7 Å². The lowest BCUT2D eigenvalue weighted by atomic mass is 9.63. The maximum absolute atomic E-state index is 13.0. The molecule has 142 heavy (non-hydrogen) atoms. The summed E-state index contributed by atoms with van der Waals surface area (Å²) in [4.78, 5) is 32.0. The molecular formula is C126H243F2N3O11. The van der Waals surface area contributed by atoms with Crippen molar-refractivity contribution in [2.75, 3.05) is 93.2 Å². The van der Waals surface area contributed by atoms with Crippen LogP contribution in [0.1, 0.15) is 461 Å². The fourth-order valence-electron chi connectivity index (χ4n) is 27.3. The quantitative estimate of drug-likeness (QED) is 0.0672. The highest BCUT2D eigenvalue weighted by Gasteiger charge is 2.73. The summed E-state index contributed by atoms with van der Waals surface area (Å²) in [7, 11) is 4.03. The Kier molecular flexibility index (Phi) is 58.6. The molecule has 10 aliphatic heterocycles. The number of amides is 1. The number of likely N-dealkylation sites (N-methyl/N-ethyl adjacent to an activating group) is 1. The van der Waals surface area contributed by atoms with E-state index in [0.29, 0.717) is 111 Å². The molecule has 2 aliphatic carbocycles. The van der Waals surface area contributed by atoms with E-state index in [1.807, 2.05) is 34.6 Å². The van der Waals surface area contributed by atoms with Gasteiger partial charge in [0.1, 0.15) is 16.8 Å². The number of rotatable bonds is 24. The minimum absolute atomic E-state index is 0.0302. The van der Waals surface area contributed by atoms with E-state index < -0.39 is 11.3 Å². The molecule has 1 amide bonds. The Bertz CT molecular complexity index is 3170. The molecule has 0 aromatic heterocycles. The molecule has 0 atom stereocenters. The second-order valence-corrected chi connectivity index (χ2v) is 53.8. The molecule has 16 heteroatoms. The number of carbonyl (C=O) groups is 2. The van der Waals surface area contributed by atoms with Crippen molar-refractivity contribution in [3.05, 3.63) is 24.3 Å². The average Bonchev–Trinajstić information content (AvgIpc) is 1.54. The lowest BCUT2D eigenvalue weighted by Crippen LogP contribution is -2.46. The zero-order valence-electron chi connectivity index (χ0n) is 104. The number of alkyl halides is 2. The van der Waals surface area contributed by atoms with Gasteiger partial charge < -0.3 is 52.5 Å². The molecule has 842 valence electrons. The summed E-state index contributed by atoms with van der Waals surface area (Å²) in [6.45, 7) is 121. The van der Waals surface area contributed by atoms with Gasteiger partial charge in [-0.2, -0.15) is 0 Å². The molecule has 12 aliphatic rings. The smallest absolute Gasteiger partial charge is 0.410 e. The minimum atomic E-state index is -2.39. The van der Waals surface area contributed by atoms with Gasteiger partial charge in [-0.15, -0.1) is 0 Å². The van der Waals surface area contributed by atoms with Gasteiger partial charge in [0.2, 0.25) is 0 Å². The van der Waals surface area contributed by atoms with Gasteiger partial charge in [-0.05, 0) is 293 Å². The maximum Gasteiger partial charge on any atom is 0.410 e. The predicted molar refractivity (Wildman–Crippen MR) is 605 cm³/mol. The van der Waals surface area contributed by atoms with Crippen LogP contribution in [0.2, 0.25) is 0 Å². The van der Waals surface area contributed by atoms with E-state index >= 15 is 0 Å². The summed E-state index contributed by atoms with van der Waals surface area (Å²) in [6, 6.07) is 0. The Hall–Kier alpha value is -2.73. The minimum Gasteiger partial charge on any atom is -0.458 e. The van der Waals surface area contributed by atoms with Crippen molar-refractivity contribution < 1.29 is 61.1 Å². The summed E-state index contributed by atoms with van der Waals surface area (Å²) >= 11 is 0. The summed E-state index contributed by atoms with van der Waals surface area (Å²) < 4.78 is 71.1. The van der Waals surface area contributed by atoms with Crippen LogP contribution < -0.4 is 0 Å². The Labute approximate surface area is 881 Å².